The van der Waals surface area contributed by atoms with E-state index in [1.54, 1.807) is 0 Å². The predicted molar refractivity (Wildman–Crippen MR) is 82.2 cm³/mol. The van der Waals surface area contributed by atoms with Crippen molar-refractivity contribution >= 4 is 0 Å². The highest BCUT2D eigenvalue weighted by molar-refractivity contribution is 5.36. The van der Waals surface area contributed by atoms with Crippen LogP contribution >= 0.6 is 0 Å². The van der Waals surface area contributed by atoms with Gasteiger partial charge < -0.3 is 15.0 Å². The Morgan fingerprint density at radius 1 is 1.21 bits per heavy atom. The van der Waals surface area contributed by atoms with Crippen LogP contribution in [0, 0.1) is 6.92 Å². The Hall–Kier alpha value is -1.06. The summed E-state index contributed by atoms with van der Waals surface area (Å²) in [5, 5.41) is 3.36. The van der Waals surface area contributed by atoms with E-state index in [9.17, 15) is 0 Å². The standard InChI is InChI=1S/C16H28N2O/c1-13(2)16-7-6-15(12-14(16)3)19-11-9-17-8-10-18(4)5/h6-7,12-13,17H,8-11H2,1-5H3. The summed E-state index contributed by atoms with van der Waals surface area (Å²) >= 11 is 0. The van der Waals surface area contributed by atoms with Crippen molar-refractivity contribution in [3.63, 3.8) is 0 Å². The smallest absolute Gasteiger partial charge is 0.119 e. The van der Waals surface area contributed by atoms with Crippen LogP contribution in [0.25, 0.3) is 0 Å². The van der Waals surface area contributed by atoms with E-state index < -0.39 is 0 Å². The fraction of sp³-hybridized carbons (Fsp3) is 0.625. The van der Waals surface area contributed by atoms with Crippen molar-refractivity contribution < 1.29 is 4.74 Å². The predicted octanol–water partition coefficient (Wildman–Crippen LogP) is 2.65. The first-order valence-corrected chi connectivity index (χ1v) is 7.09. The summed E-state index contributed by atoms with van der Waals surface area (Å²) in [7, 11) is 4.16. The third kappa shape index (κ3) is 6.08. The lowest BCUT2D eigenvalue weighted by atomic mass is 9.98. The van der Waals surface area contributed by atoms with E-state index in [0.29, 0.717) is 12.5 Å². The Morgan fingerprint density at radius 3 is 2.53 bits per heavy atom. The zero-order valence-corrected chi connectivity index (χ0v) is 13.0. The summed E-state index contributed by atoms with van der Waals surface area (Å²) in [5.74, 6) is 1.54. The summed E-state index contributed by atoms with van der Waals surface area (Å²) < 4.78 is 5.75. The molecule has 0 heterocycles. The molecule has 0 saturated carbocycles. The summed E-state index contributed by atoms with van der Waals surface area (Å²) in [6.07, 6.45) is 0. The van der Waals surface area contributed by atoms with Crippen molar-refractivity contribution in [3.8, 4) is 5.75 Å². The van der Waals surface area contributed by atoms with Crippen LogP contribution in [0.4, 0.5) is 0 Å². The van der Waals surface area contributed by atoms with Gasteiger partial charge in [0.15, 0.2) is 0 Å². The maximum absolute atomic E-state index is 5.75. The molecule has 0 unspecified atom stereocenters. The molecule has 0 atom stereocenters. The van der Waals surface area contributed by atoms with Gasteiger partial charge in [0, 0.05) is 19.6 Å². The molecule has 0 aliphatic rings. The van der Waals surface area contributed by atoms with Crippen LogP contribution < -0.4 is 10.1 Å². The minimum absolute atomic E-state index is 0.571. The van der Waals surface area contributed by atoms with Gasteiger partial charge in [-0.2, -0.15) is 0 Å². The highest BCUT2D eigenvalue weighted by Gasteiger charge is 2.04. The van der Waals surface area contributed by atoms with Crippen molar-refractivity contribution in [2.75, 3.05) is 40.3 Å². The summed E-state index contributed by atoms with van der Waals surface area (Å²) in [5.41, 5.74) is 2.71. The molecular formula is C16H28N2O. The molecular weight excluding hydrogens is 236 g/mol. The van der Waals surface area contributed by atoms with Gasteiger partial charge >= 0.3 is 0 Å². The Labute approximate surface area is 118 Å². The first-order chi connectivity index (χ1) is 9.00. The highest BCUT2D eigenvalue weighted by Crippen LogP contribution is 2.23. The second-order valence-electron chi connectivity index (χ2n) is 5.57. The fourth-order valence-corrected chi connectivity index (χ4v) is 2.05. The van der Waals surface area contributed by atoms with Crippen molar-refractivity contribution in [2.24, 2.45) is 0 Å². The number of likely N-dealkylation sites (N-methyl/N-ethyl adjacent to an activating group) is 1. The SMILES string of the molecule is Cc1cc(OCCNCCN(C)C)ccc1C(C)C. The first-order valence-electron chi connectivity index (χ1n) is 7.09. The van der Waals surface area contributed by atoms with Gasteiger partial charge in [0.2, 0.25) is 0 Å². The molecule has 1 N–H and O–H groups in total. The van der Waals surface area contributed by atoms with Crippen molar-refractivity contribution in [3.05, 3.63) is 29.3 Å². The molecule has 0 aliphatic carbocycles. The monoisotopic (exact) mass is 264 g/mol. The maximum Gasteiger partial charge on any atom is 0.119 e. The zero-order valence-electron chi connectivity index (χ0n) is 13.0. The lowest BCUT2D eigenvalue weighted by Gasteiger charge is -2.13. The van der Waals surface area contributed by atoms with E-state index in [4.69, 9.17) is 4.74 Å². The van der Waals surface area contributed by atoms with Gasteiger partial charge in [0.25, 0.3) is 0 Å². The quantitative estimate of drug-likeness (QED) is 0.731. The maximum atomic E-state index is 5.75. The Bertz CT molecular complexity index is 375. The Balaban J connectivity index is 2.28. The highest BCUT2D eigenvalue weighted by atomic mass is 16.5. The van der Waals surface area contributed by atoms with E-state index in [-0.39, 0.29) is 0 Å². The van der Waals surface area contributed by atoms with Gasteiger partial charge in [0.05, 0.1) is 0 Å². The number of hydrogen-bond donors (Lipinski definition) is 1. The largest absolute Gasteiger partial charge is 0.492 e. The average molecular weight is 264 g/mol. The number of rotatable bonds is 8. The molecule has 1 aromatic rings. The summed E-state index contributed by atoms with van der Waals surface area (Å²) in [6, 6.07) is 6.38. The van der Waals surface area contributed by atoms with E-state index in [1.807, 2.05) is 0 Å². The van der Waals surface area contributed by atoms with Crippen molar-refractivity contribution in [2.45, 2.75) is 26.7 Å². The lowest BCUT2D eigenvalue weighted by Crippen LogP contribution is -2.29. The number of benzene rings is 1. The third-order valence-corrected chi connectivity index (χ3v) is 3.15. The molecule has 0 spiro atoms. The normalized spacial score (nSPS) is 11.3. The molecule has 0 amide bonds. The van der Waals surface area contributed by atoms with Crippen LogP contribution in [0.3, 0.4) is 0 Å². The minimum Gasteiger partial charge on any atom is -0.492 e. The zero-order chi connectivity index (χ0) is 14.3. The van der Waals surface area contributed by atoms with Crippen molar-refractivity contribution in [1.29, 1.82) is 0 Å². The molecule has 3 nitrogen and oxygen atoms in total. The molecule has 3 heteroatoms. The van der Waals surface area contributed by atoms with E-state index in [0.717, 1.165) is 25.4 Å². The molecule has 1 rings (SSSR count). The van der Waals surface area contributed by atoms with Crippen molar-refractivity contribution in [1.82, 2.24) is 10.2 Å². The van der Waals surface area contributed by atoms with E-state index >= 15 is 0 Å². The number of nitrogens with zero attached hydrogens (tertiary/aromatic N) is 1. The summed E-state index contributed by atoms with van der Waals surface area (Å²) in [6.45, 7) is 10.3. The van der Waals surface area contributed by atoms with Gasteiger partial charge in [0.1, 0.15) is 12.4 Å². The molecule has 0 aliphatic heterocycles. The van der Waals surface area contributed by atoms with Crippen LogP contribution in [0.2, 0.25) is 0 Å². The Kier molecular flexibility index (Phi) is 6.89. The molecule has 0 bridgehead atoms. The number of ether oxygens (including phenoxy) is 1. The third-order valence-electron chi connectivity index (χ3n) is 3.15. The second-order valence-corrected chi connectivity index (χ2v) is 5.57. The van der Waals surface area contributed by atoms with Gasteiger partial charge in [-0.15, -0.1) is 0 Å². The van der Waals surface area contributed by atoms with Crippen LogP contribution in [0.5, 0.6) is 5.75 Å². The lowest BCUT2D eigenvalue weighted by molar-refractivity contribution is 0.308. The molecule has 1 aromatic carbocycles. The van der Waals surface area contributed by atoms with Crippen LogP contribution in [0.15, 0.2) is 18.2 Å². The molecule has 108 valence electrons. The average Bonchev–Trinajstić information content (AvgIpc) is 2.32. The fourth-order valence-electron chi connectivity index (χ4n) is 2.05. The molecule has 0 aromatic heterocycles. The molecule has 0 saturated heterocycles. The number of nitrogens with one attached hydrogen (secondary N) is 1. The second kappa shape index (κ2) is 8.18. The minimum atomic E-state index is 0.571. The molecule has 0 fully saturated rings. The first kappa shape index (κ1) is 16.0. The van der Waals surface area contributed by atoms with Gasteiger partial charge in [-0.1, -0.05) is 19.9 Å². The van der Waals surface area contributed by atoms with Crippen LogP contribution in [-0.2, 0) is 0 Å². The topological polar surface area (TPSA) is 24.5 Å². The van der Waals surface area contributed by atoms with Gasteiger partial charge in [-0.3, -0.25) is 0 Å². The Morgan fingerprint density at radius 2 is 1.95 bits per heavy atom. The van der Waals surface area contributed by atoms with Gasteiger partial charge in [-0.25, -0.2) is 0 Å². The van der Waals surface area contributed by atoms with Crippen LogP contribution in [0.1, 0.15) is 30.9 Å². The van der Waals surface area contributed by atoms with E-state index in [2.05, 4.69) is 63.3 Å². The van der Waals surface area contributed by atoms with Crippen LogP contribution in [-0.4, -0.2) is 45.2 Å². The van der Waals surface area contributed by atoms with Gasteiger partial charge in [-0.05, 0) is 50.2 Å². The van der Waals surface area contributed by atoms with E-state index in [1.165, 1.54) is 11.1 Å². The summed E-state index contributed by atoms with van der Waals surface area (Å²) in [4.78, 5) is 2.17. The number of aryl methyl sites for hydroxylation is 1. The molecule has 19 heavy (non-hydrogen) atoms. The molecule has 0 radical (unpaired) electrons. The number of hydrogen-bond acceptors (Lipinski definition) is 3.